The van der Waals surface area contributed by atoms with Crippen LogP contribution in [0.2, 0.25) is 5.02 Å². The Hall–Kier alpha value is -0.620. The lowest BCUT2D eigenvalue weighted by Crippen LogP contribution is -2.27. The molecule has 0 aliphatic heterocycles. The first-order valence-corrected chi connectivity index (χ1v) is 7.75. The average molecular weight is 290 g/mol. The number of hydrogen-bond donors (Lipinski definition) is 2. The van der Waals surface area contributed by atoms with Crippen molar-refractivity contribution in [2.24, 2.45) is 5.92 Å². The molecule has 0 amide bonds. The molecule has 1 aliphatic carbocycles. The molecular formula is C12H16ClNO3S. The first-order valence-electron chi connectivity index (χ1n) is 5.89. The lowest BCUT2D eigenvalue weighted by molar-refractivity contribution is 0.282. The van der Waals surface area contributed by atoms with E-state index in [0.29, 0.717) is 11.5 Å². The Balaban J connectivity index is 2.17. The van der Waals surface area contributed by atoms with E-state index in [1.54, 1.807) is 0 Å². The maximum absolute atomic E-state index is 12.1. The van der Waals surface area contributed by atoms with Gasteiger partial charge in [-0.3, -0.25) is 0 Å². The minimum absolute atomic E-state index is 0.0521. The largest absolute Gasteiger partial charge is 0.392 e. The molecule has 18 heavy (non-hydrogen) atoms. The Morgan fingerprint density at radius 3 is 2.72 bits per heavy atom. The van der Waals surface area contributed by atoms with Crippen molar-refractivity contribution in [2.45, 2.75) is 37.3 Å². The number of sulfonamides is 1. The molecule has 1 saturated carbocycles. The topological polar surface area (TPSA) is 66.4 Å². The fraction of sp³-hybridized carbons (Fsp3) is 0.500. The molecule has 0 spiro atoms. The van der Waals surface area contributed by atoms with Crippen LogP contribution in [0.5, 0.6) is 0 Å². The van der Waals surface area contributed by atoms with Crippen LogP contribution in [-0.2, 0) is 16.6 Å². The van der Waals surface area contributed by atoms with Crippen molar-refractivity contribution in [3.05, 3.63) is 28.8 Å². The molecule has 2 atom stereocenters. The van der Waals surface area contributed by atoms with Gasteiger partial charge in [-0.15, -0.1) is 0 Å². The Bertz CT molecular complexity index is 544. The molecule has 1 aromatic carbocycles. The summed E-state index contributed by atoms with van der Waals surface area (Å²) in [4.78, 5) is 0.145. The summed E-state index contributed by atoms with van der Waals surface area (Å²) in [5, 5.41) is 9.25. The Morgan fingerprint density at radius 1 is 1.50 bits per heavy atom. The second kappa shape index (κ2) is 5.17. The monoisotopic (exact) mass is 289 g/mol. The molecule has 2 N–H and O–H groups in total. The molecule has 0 radical (unpaired) electrons. The molecule has 1 aromatic rings. The minimum atomic E-state index is -3.50. The molecule has 4 nitrogen and oxygen atoms in total. The molecule has 0 saturated heterocycles. The summed E-state index contributed by atoms with van der Waals surface area (Å²) in [5.74, 6) is 0.451. The predicted molar refractivity (Wildman–Crippen MR) is 69.9 cm³/mol. The van der Waals surface area contributed by atoms with Crippen molar-refractivity contribution in [1.82, 2.24) is 4.72 Å². The molecule has 1 fully saturated rings. The molecular weight excluding hydrogens is 274 g/mol. The zero-order valence-corrected chi connectivity index (χ0v) is 11.6. The van der Waals surface area contributed by atoms with Crippen molar-refractivity contribution >= 4 is 21.6 Å². The van der Waals surface area contributed by atoms with E-state index in [4.69, 9.17) is 16.7 Å². The Kier molecular flexibility index (Phi) is 3.96. The Morgan fingerprint density at radius 2 is 2.22 bits per heavy atom. The fourth-order valence-electron chi connectivity index (χ4n) is 1.93. The van der Waals surface area contributed by atoms with Gasteiger partial charge in [-0.05, 0) is 30.0 Å². The summed E-state index contributed by atoms with van der Waals surface area (Å²) in [7, 11) is -3.50. The highest BCUT2D eigenvalue weighted by molar-refractivity contribution is 7.89. The normalized spacial score (nSPS) is 23.1. The highest BCUT2D eigenvalue weighted by atomic mass is 35.5. The lowest BCUT2D eigenvalue weighted by atomic mass is 10.2. The number of nitrogens with one attached hydrogen (secondary N) is 1. The van der Waals surface area contributed by atoms with Crippen LogP contribution in [0.4, 0.5) is 0 Å². The van der Waals surface area contributed by atoms with Crippen LogP contribution in [0.15, 0.2) is 23.1 Å². The second-order valence-corrected chi connectivity index (χ2v) is 6.66. The van der Waals surface area contributed by atoms with Crippen LogP contribution < -0.4 is 4.72 Å². The summed E-state index contributed by atoms with van der Waals surface area (Å²) in [6, 6.07) is 4.42. The number of halogens is 1. The van der Waals surface area contributed by atoms with E-state index in [2.05, 4.69) is 4.72 Å². The molecule has 0 bridgehead atoms. The highest BCUT2D eigenvalue weighted by Crippen LogP contribution is 2.34. The van der Waals surface area contributed by atoms with E-state index in [1.807, 2.05) is 6.92 Å². The van der Waals surface area contributed by atoms with Crippen LogP contribution in [0, 0.1) is 5.92 Å². The van der Waals surface area contributed by atoms with Gasteiger partial charge in [0.15, 0.2) is 0 Å². The van der Waals surface area contributed by atoms with Gasteiger partial charge in [-0.25, -0.2) is 13.1 Å². The van der Waals surface area contributed by atoms with Gasteiger partial charge in [0.05, 0.1) is 11.5 Å². The first kappa shape index (κ1) is 13.8. The molecule has 0 heterocycles. The third-order valence-electron chi connectivity index (χ3n) is 3.26. The predicted octanol–water partition coefficient (Wildman–Crippen LogP) is 1.91. The van der Waals surface area contributed by atoms with Gasteiger partial charge in [0.25, 0.3) is 0 Å². The highest BCUT2D eigenvalue weighted by Gasteiger charge is 2.38. The molecule has 6 heteroatoms. The third kappa shape index (κ3) is 2.85. The van der Waals surface area contributed by atoms with E-state index in [1.165, 1.54) is 18.2 Å². The van der Waals surface area contributed by atoms with Crippen molar-refractivity contribution in [2.75, 3.05) is 0 Å². The molecule has 100 valence electrons. The second-order valence-electron chi connectivity index (χ2n) is 4.54. The van der Waals surface area contributed by atoms with E-state index < -0.39 is 10.0 Å². The smallest absolute Gasteiger partial charge is 0.240 e. The molecule has 2 unspecified atom stereocenters. The van der Waals surface area contributed by atoms with Gasteiger partial charge in [0, 0.05) is 11.1 Å². The number of hydrogen-bond acceptors (Lipinski definition) is 3. The molecule has 1 aliphatic rings. The lowest BCUT2D eigenvalue weighted by Gasteiger charge is -2.08. The number of benzene rings is 1. The summed E-state index contributed by atoms with van der Waals surface area (Å²) in [6.07, 6.45) is 1.88. The number of aliphatic hydroxyl groups excluding tert-OH is 1. The molecule has 0 aromatic heterocycles. The summed E-state index contributed by atoms with van der Waals surface area (Å²) < 4.78 is 26.8. The van der Waals surface area contributed by atoms with Gasteiger partial charge in [0.2, 0.25) is 10.0 Å². The minimum Gasteiger partial charge on any atom is -0.392 e. The van der Waals surface area contributed by atoms with Crippen LogP contribution in [-0.4, -0.2) is 19.6 Å². The van der Waals surface area contributed by atoms with Gasteiger partial charge in [-0.2, -0.15) is 0 Å². The van der Waals surface area contributed by atoms with Crippen LogP contribution in [0.1, 0.15) is 25.3 Å². The van der Waals surface area contributed by atoms with Crippen LogP contribution >= 0.6 is 11.6 Å². The van der Waals surface area contributed by atoms with E-state index in [9.17, 15) is 8.42 Å². The zero-order valence-electron chi connectivity index (χ0n) is 10.1. The van der Waals surface area contributed by atoms with Gasteiger partial charge >= 0.3 is 0 Å². The maximum Gasteiger partial charge on any atom is 0.240 e. The standard InChI is InChI=1S/C12H16ClNO3S/c1-2-8-5-12(8)14-18(16,17)10-4-3-9(7-15)11(13)6-10/h3-4,6,8,12,14-15H,2,5,7H2,1H3. The van der Waals surface area contributed by atoms with Gasteiger partial charge in [-0.1, -0.05) is 31.0 Å². The third-order valence-corrected chi connectivity index (χ3v) is 5.10. The van der Waals surface area contributed by atoms with Crippen LogP contribution in [0.3, 0.4) is 0 Å². The summed E-state index contributed by atoms with van der Waals surface area (Å²) >= 11 is 5.89. The average Bonchev–Trinajstić information content (AvgIpc) is 3.06. The van der Waals surface area contributed by atoms with Crippen molar-refractivity contribution in [1.29, 1.82) is 0 Å². The fourth-order valence-corrected chi connectivity index (χ4v) is 3.58. The number of rotatable bonds is 5. The molecule has 2 rings (SSSR count). The van der Waals surface area contributed by atoms with Crippen molar-refractivity contribution in [3.63, 3.8) is 0 Å². The van der Waals surface area contributed by atoms with Crippen LogP contribution in [0.25, 0.3) is 0 Å². The van der Waals surface area contributed by atoms with E-state index in [0.717, 1.165) is 12.8 Å². The first-order chi connectivity index (χ1) is 8.47. The van der Waals surface area contributed by atoms with Crippen molar-refractivity contribution in [3.8, 4) is 0 Å². The van der Waals surface area contributed by atoms with E-state index in [-0.39, 0.29) is 22.6 Å². The quantitative estimate of drug-likeness (QED) is 0.870. The maximum atomic E-state index is 12.1. The van der Waals surface area contributed by atoms with Gasteiger partial charge < -0.3 is 5.11 Å². The zero-order chi connectivity index (χ0) is 13.3. The number of aliphatic hydroxyl groups is 1. The SMILES string of the molecule is CCC1CC1NS(=O)(=O)c1ccc(CO)c(Cl)c1. The van der Waals surface area contributed by atoms with E-state index >= 15 is 0 Å². The van der Waals surface area contributed by atoms with Crippen molar-refractivity contribution < 1.29 is 13.5 Å². The van der Waals surface area contributed by atoms with Gasteiger partial charge in [0.1, 0.15) is 0 Å². The Labute approximate surface area is 112 Å². The summed E-state index contributed by atoms with van der Waals surface area (Å²) in [6.45, 7) is 1.85. The summed E-state index contributed by atoms with van der Waals surface area (Å²) in [5.41, 5.74) is 0.522.